The van der Waals surface area contributed by atoms with Gasteiger partial charge in [0.15, 0.2) is 5.96 Å². The molecule has 1 aliphatic rings. The molecular weight excluding hydrogens is 312 g/mol. The summed E-state index contributed by atoms with van der Waals surface area (Å²) in [6.45, 7) is 8.89. The van der Waals surface area contributed by atoms with E-state index in [1.165, 1.54) is 11.1 Å². The molecule has 0 saturated heterocycles. The first-order valence-electron chi connectivity index (χ1n) is 9.13. The molecule has 0 radical (unpaired) electrons. The first-order valence-corrected chi connectivity index (χ1v) is 9.13. The van der Waals surface area contributed by atoms with Gasteiger partial charge in [-0.05, 0) is 25.8 Å². The van der Waals surface area contributed by atoms with Crippen molar-refractivity contribution in [1.82, 2.24) is 25.4 Å². The number of rotatable bonds is 5. The van der Waals surface area contributed by atoms with Crippen LogP contribution < -0.4 is 10.6 Å². The molecule has 0 amide bonds. The van der Waals surface area contributed by atoms with Crippen LogP contribution in [0.2, 0.25) is 0 Å². The highest BCUT2D eigenvalue weighted by atomic mass is 15.4. The number of aryl methyl sites for hydroxylation is 2. The number of aromatic nitrogens is 3. The van der Waals surface area contributed by atoms with Crippen molar-refractivity contribution in [3.05, 3.63) is 47.5 Å². The number of guanidine groups is 1. The summed E-state index contributed by atoms with van der Waals surface area (Å²) in [6, 6.07) is 9.06. The maximum Gasteiger partial charge on any atom is 0.191 e. The Morgan fingerprint density at radius 3 is 2.92 bits per heavy atom. The summed E-state index contributed by atoms with van der Waals surface area (Å²) in [5.41, 5.74) is 2.62. The molecule has 6 heteroatoms. The van der Waals surface area contributed by atoms with Crippen LogP contribution in [-0.4, -0.2) is 39.9 Å². The van der Waals surface area contributed by atoms with E-state index in [0.29, 0.717) is 12.0 Å². The fourth-order valence-electron chi connectivity index (χ4n) is 3.10. The third-order valence-electron chi connectivity index (χ3n) is 4.66. The molecule has 2 aromatic rings. The van der Waals surface area contributed by atoms with E-state index in [0.717, 1.165) is 44.3 Å². The number of aliphatic imine (C=N–C) groups is 1. The van der Waals surface area contributed by atoms with Crippen molar-refractivity contribution in [1.29, 1.82) is 0 Å². The first kappa shape index (κ1) is 17.5. The van der Waals surface area contributed by atoms with Gasteiger partial charge in [0.25, 0.3) is 0 Å². The Morgan fingerprint density at radius 1 is 1.36 bits per heavy atom. The summed E-state index contributed by atoms with van der Waals surface area (Å²) in [7, 11) is 0. The Labute approximate surface area is 149 Å². The molecule has 134 valence electrons. The van der Waals surface area contributed by atoms with Crippen LogP contribution >= 0.6 is 0 Å². The summed E-state index contributed by atoms with van der Waals surface area (Å²) in [5.74, 6) is 2.35. The molecule has 0 bridgehead atoms. The molecular formula is C19H28N6. The highest BCUT2D eigenvalue weighted by Crippen LogP contribution is 2.16. The topological polar surface area (TPSA) is 67.1 Å². The standard InChI is InChI=1S/C19H28N6/c1-4-20-19(21-11-15(3)16-7-5-14(2)6-8-16)24-17-9-10-18-22-13-23-25(18)12-17/h5-8,13,15,17H,4,9-12H2,1-3H3,(H2,20,21,24). The molecule has 2 unspecified atom stereocenters. The van der Waals surface area contributed by atoms with Crippen molar-refractivity contribution in [3.63, 3.8) is 0 Å². The number of fused-ring (bicyclic) bond motifs is 1. The lowest BCUT2D eigenvalue weighted by molar-refractivity contribution is 0.392. The van der Waals surface area contributed by atoms with Crippen LogP contribution in [0, 0.1) is 6.92 Å². The van der Waals surface area contributed by atoms with Crippen LogP contribution in [0.3, 0.4) is 0 Å². The Kier molecular flexibility index (Phi) is 5.68. The van der Waals surface area contributed by atoms with Crippen LogP contribution in [0.4, 0.5) is 0 Å². The third-order valence-corrected chi connectivity index (χ3v) is 4.66. The molecule has 0 fully saturated rings. The van der Waals surface area contributed by atoms with Crippen LogP contribution in [0.1, 0.15) is 43.1 Å². The monoisotopic (exact) mass is 340 g/mol. The van der Waals surface area contributed by atoms with E-state index < -0.39 is 0 Å². The molecule has 25 heavy (non-hydrogen) atoms. The molecule has 0 aliphatic carbocycles. The van der Waals surface area contributed by atoms with Gasteiger partial charge in [0.1, 0.15) is 12.2 Å². The minimum Gasteiger partial charge on any atom is -0.357 e. The van der Waals surface area contributed by atoms with Gasteiger partial charge in [-0.3, -0.25) is 4.99 Å². The van der Waals surface area contributed by atoms with Crippen molar-refractivity contribution in [2.24, 2.45) is 4.99 Å². The van der Waals surface area contributed by atoms with Gasteiger partial charge in [0, 0.05) is 31.5 Å². The lowest BCUT2D eigenvalue weighted by Crippen LogP contribution is -2.47. The molecule has 2 atom stereocenters. The van der Waals surface area contributed by atoms with Crippen molar-refractivity contribution >= 4 is 5.96 Å². The van der Waals surface area contributed by atoms with Crippen molar-refractivity contribution in [2.45, 2.75) is 52.1 Å². The zero-order valence-electron chi connectivity index (χ0n) is 15.4. The Bertz CT molecular complexity index is 703. The zero-order chi connectivity index (χ0) is 17.6. The largest absolute Gasteiger partial charge is 0.357 e. The minimum absolute atomic E-state index is 0.335. The molecule has 6 nitrogen and oxygen atoms in total. The van der Waals surface area contributed by atoms with Crippen molar-refractivity contribution in [3.8, 4) is 0 Å². The molecule has 0 spiro atoms. The van der Waals surface area contributed by atoms with Crippen LogP contribution in [0.25, 0.3) is 0 Å². The van der Waals surface area contributed by atoms with E-state index in [1.54, 1.807) is 6.33 Å². The highest BCUT2D eigenvalue weighted by Gasteiger charge is 2.20. The first-order chi connectivity index (χ1) is 12.2. The second kappa shape index (κ2) is 8.14. The van der Waals surface area contributed by atoms with Gasteiger partial charge in [-0.2, -0.15) is 5.10 Å². The molecule has 1 aromatic heterocycles. The average Bonchev–Trinajstić information content (AvgIpc) is 3.08. The van der Waals surface area contributed by atoms with Crippen molar-refractivity contribution in [2.75, 3.05) is 13.1 Å². The number of nitrogens with one attached hydrogen (secondary N) is 2. The van der Waals surface area contributed by atoms with Crippen molar-refractivity contribution < 1.29 is 0 Å². The summed E-state index contributed by atoms with van der Waals surface area (Å²) in [6.07, 6.45) is 3.65. The molecule has 1 aromatic carbocycles. The fourth-order valence-corrected chi connectivity index (χ4v) is 3.10. The highest BCUT2D eigenvalue weighted by molar-refractivity contribution is 5.80. The normalized spacial score (nSPS) is 18.5. The summed E-state index contributed by atoms with van der Waals surface area (Å²) < 4.78 is 1.99. The maximum absolute atomic E-state index is 4.80. The number of hydrogen-bond acceptors (Lipinski definition) is 3. The Balaban J connectivity index is 1.60. The van der Waals surface area contributed by atoms with Gasteiger partial charge in [-0.1, -0.05) is 36.8 Å². The fraction of sp³-hybridized carbons (Fsp3) is 0.526. The van der Waals surface area contributed by atoms with E-state index >= 15 is 0 Å². The second-order valence-electron chi connectivity index (χ2n) is 6.77. The Morgan fingerprint density at radius 2 is 2.16 bits per heavy atom. The number of hydrogen-bond donors (Lipinski definition) is 2. The smallest absolute Gasteiger partial charge is 0.191 e. The van der Waals surface area contributed by atoms with Crippen LogP contribution in [0.15, 0.2) is 35.6 Å². The van der Waals surface area contributed by atoms with Gasteiger partial charge < -0.3 is 10.6 Å². The Hall–Kier alpha value is -2.37. The molecule has 0 saturated carbocycles. The zero-order valence-corrected chi connectivity index (χ0v) is 15.4. The number of benzene rings is 1. The van der Waals surface area contributed by atoms with Crippen LogP contribution in [-0.2, 0) is 13.0 Å². The average molecular weight is 340 g/mol. The third kappa shape index (κ3) is 4.59. The predicted octanol–water partition coefficient (Wildman–Crippen LogP) is 2.26. The van der Waals surface area contributed by atoms with E-state index in [4.69, 9.17) is 4.99 Å². The van der Waals surface area contributed by atoms with Crippen LogP contribution in [0.5, 0.6) is 0 Å². The number of nitrogens with zero attached hydrogens (tertiary/aromatic N) is 4. The van der Waals surface area contributed by atoms with Gasteiger partial charge in [-0.15, -0.1) is 0 Å². The second-order valence-corrected chi connectivity index (χ2v) is 6.77. The SMILES string of the molecule is CCNC(=NCC(C)c1ccc(C)cc1)NC1CCc2ncnn2C1. The van der Waals surface area contributed by atoms with E-state index in [2.05, 4.69) is 65.8 Å². The van der Waals surface area contributed by atoms with Gasteiger partial charge >= 0.3 is 0 Å². The summed E-state index contributed by atoms with van der Waals surface area (Å²) in [4.78, 5) is 9.08. The summed E-state index contributed by atoms with van der Waals surface area (Å²) >= 11 is 0. The predicted molar refractivity (Wildman–Crippen MR) is 101 cm³/mol. The molecule has 2 N–H and O–H groups in total. The summed E-state index contributed by atoms with van der Waals surface area (Å²) in [5, 5.41) is 11.2. The molecule has 3 rings (SSSR count). The lowest BCUT2D eigenvalue weighted by Gasteiger charge is -2.25. The van der Waals surface area contributed by atoms with E-state index in [-0.39, 0.29) is 0 Å². The molecule has 1 aliphatic heterocycles. The lowest BCUT2D eigenvalue weighted by atomic mass is 10.0. The molecule has 2 heterocycles. The quantitative estimate of drug-likeness (QED) is 0.647. The maximum atomic E-state index is 4.80. The van der Waals surface area contributed by atoms with Gasteiger partial charge in [-0.25, -0.2) is 9.67 Å². The van der Waals surface area contributed by atoms with Gasteiger partial charge in [0.2, 0.25) is 0 Å². The minimum atomic E-state index is 0.335. The van der Waals surface area contributed by atoms with E-state index in [1.807, 2.05) is 4.68 Å². The van der Waals surface area contributed by atoms with Gasteiger partial charge in [0.05, 0.1) is 6.54 Å². The van der Waals surface area contributed by atoms with E-state index in [9.17, 15) is 0 Å².